The molecule has 3 rings (SSSR count). The first-order chi connectivity index (χ1) is 8.84. The minimum Gasteiger partial charge on any atom is -0.294 e. The molecular weight excluding hydrogens is 244 g/mol. The van der Waals surface area contributed by atoms with Gasteiger partial charge in [-0.15, -0.1) is 0 Å². The fourth-order valence-electron chi connectivity index (χ4n) is 1.98. The van der Waals surface area contributed by atoms with Gasteiger partial charge in [-0.05, 0) is 40.9 Å². The van der Waals surface area contributed by atoms with E-state index in [-0.39, 0.29) is 5.78 Å². The predicted molar refractivity (Wildman–Crippen MR) is 72.2 cm³/mol. The summed E-state index contributed by atoms with van der Waals surface area (Å²) in [6, 6.07) is 7.81. The van der Waals surface area contributed by atoms with Crippen molar-refractivity contribution in [2.24, 2.45) is 0 Å². The van der Waals surface area contributed by atoms with Gasteiger partial charge in [0.1, 0.15) is 0 Å². The highest BCUT2D eigenvalue weighted by Gasteiger charge is 2.12. The van der Waals surface area contributed by atoms with Crippen LogP contribution >= 0.6 is 11.3 Å². The molecule has 0 bridgehead atoms. The van der Waals surface area contributed by atoms with Gasteiger partial charge in [0.05, 0.1) is 17.3 Å². The minimum absolute atomic E-state index is 0.155. The zero-order valence-corrected chi connectivity index (χ0v) is 10.6. The van der Waals surface area contributed by atoms with Crippen molar-refractivity contribution in [2.75, 3.05) is 0 Å². The summed E-state index contributed by atoms with van der Waals surface area (Å²) in [5, 5.41) is 8.31. The third kappa shape index (κ3) is 2.07. The Morgan fingerprint density at radius 2 is 2.28 bits per heavy atom. The Hall–Kier alpha value is -1.94. The van der Waals surface area contributed by atoms with Crippen molar-refractivity contribution in [3.63, 3.8) is 0 Å². The highest BCUT2D eigenvalue weighted by molar-refractivity contribution is 7.07. The molecule has 0 radical (unpaired) electrons. The fraction of sp³-hybridized carbons (Fsp3) is 0.143. The number of pyridine rings is 1. The van der Waals surface area contributed by atoms with E-state index < -0.39 is 0 Å². The molecule has 0 spiro atoms. The minimum atomic E-state index is 0.155. The molecular formula is C14H12N2OS. The molecule has 0 aromatic carbocycles. The van der Waals surface area contributed by atoms with Crippen LogP contribution < -0.4 is 0 Å². The third-order valence-corrected chi connectivity index (χ3v) is 3.68. The molecule has 0 aliphatic heterocycles. The number of thiophene rings is 1. The molecule has 0 amide bonds. The molecule has 4 heteroatoms. The van der Waals surface area contributed by atoms with Gasteiger partial charge < -0.3 is 0 Å². The van der Waals surface area contributed by atoms with E-state index in [2.05, 4.69) is 16.5 Å². The Bertz CT molecular complexity index is 670. The summed E-state index contributed by atoms with van der Waals surface area (Å²) in [6.07, 6.45) is 4.84. The van der Waals surface area contributed by atoms with E-state index in [1.165, 1.54) is 5.56 Å². The number of nitrogens with zero attached hydrogens (tertiary/aromatic N) is 2. The second kappa shape index (κ2) is 4.74. The molecule has 0 aliphatic rings. The Morgan fingerprint density at radius 1 is 1.33 bits per heavy atom. The van der Waals surface area contributed by atoms with Gasteiger partial charge in [0.25, 0.3) is 0 Å². The average Bonchev–Trinajstić information content (AvgIpc) is 3.05. The number of aromatic nitrogens is 2. The molecule has 3 nitrogen and oxygen atoms in total. The molecule has 0 N–H and O–H groups in total. The lowest BCUT2D eigenvalue weighted by atomic mass is 10.1. The van der Waals surface area contributed by atoms with Crippen LogP contribution in [0.1, 0.15) is 22.3 Å². The van der Waals surface area contributed by atoms with Crippen LogP contribution in [0.2, 0.25) is 0 Å². The SMILES string of the molecule is O=C(CCc1ccsc1)c1cnn2ccccc12. The monoisotopic (exact) mass is 256 g/mol. The van der Waals surface area contributed by atoms with Gasteiger partial charge in [0.2, 0.25) is 0 Å². The average molecular weight is 256 g/mol. The molecule has 0 saturated heterocycles. The maximum Gasteiger partial charge on any atom is 0.167 e. The molecule has 0 aliphatic carbocycles. The molecule has 3 aromatic heterocycles. The summed E-state index contributed by atoms with van der Waals surface area (Å²) in [7, 11) is 0. The van der Waals surface area contributed by atoms with Crippen molar-refractivity contribution in [1.82, 2.24) is 9.61 Å². The summed E-state index contributed by atoms with van der Waals surface area (Å²) in [6.45, 7) is 0. The number of Topliss-reactive ketones (excluding diaryl/α,β-unsaturated/α-hetero) is 1. The van der Waals surface area contributed by atoms with Crippen LogP contribution in [0.15, 0.2) is 47.4 Å². The van der Waals surface area contributed by atoms with E-state index in [0.717, 1.165) is 11.9 Å². The van der Waals surface area contributed by atoms with Gasteiger partial charge in [0.15, 0.2) is 5.78 Å². The number of rotatable bonds is 4. The van der Waals surface area contributed by atoms with Gasteiger partial charge in [0, 0.05) is 12.6 Å². The van der Waals surface area contributed by atoms with Crippen molar-refractivity contribution in [3.05, 3.63) is 58.5 Å². The molecule has 0 unspecified atom stereocenters. The molecule has 0 saturated carbocycles. The molecule has 3 heterocycles. The normalized spacial score (nSPS) is 10.9. The van der Waals surface area contributed by atoms with Crippen molar-refractivity contribution in [2.45, 2.75) is 12.8 Å². The Kier molecular flexibility index (Phi) is 2.94. The highest BCUT2D eigenvalue weighted by atomic mass is 32.1. The van der Waals surface area contributed by atoms with Gasteiger partial charge in [-0.2, -0.15) is 16.4 Å². The van der Waals surface area contributed by atoms with Crippen LogP contribution in [0.4, 0.5) is 0 Å². The Balaban J connectivity index is 1.80. The van der Waals surface area contributed by atoms with Crippen LogP contribution in [0.25, 0.3) is 5.52 Å². The second-order valence-electron chi connectivity index (χ2n) is 4.14. The highest BCUT2D eigenvalue weighted by Crippen LogP contribution is 2.15. The zero-order chi connectivity index (χ0) is 12.4. The van der Waals surface area contributed by atoms with E-state index in [4.69, 9.17) is 0 Å². The van der Waals surface area contributed by atoms with Crippen molar-refractivity contribution in [3.8, 4) is 0 Å². The number of hydrogen-bond acceptors (Lipinski definition) is 3. The number of carbonyl (C=O) groups is 1. The van der Waals surface area contributed by atoms with Crippen LogP contribution in [0.5, 0.6) is 0 Å². The second-order valence-corrected chi connectivity index (χ2v) is 4.92. The lowest BCUT2D eigenvalue weighted by Crippen LogP contribution is -2.00. The number of aryl methyl sites for hydroxylation is 1. The van der Waals surface area contributed by atoms with E-state index in [0.29, 0.717) is 12.0 Å². The lowest BCUT2D eigenvalue weighted by Gasteiger charge is -1.98. The topological polar surface area (TPSA) is 34.4 Å². The van der Waals surface area contributed by atoms with E-state index in [1.54, 1.807) is 22.0 Å². The van der Waals surface area contributed by atoms with Crippen molar-refractivity contribution >= 4 is 22.6 Å². The van der Waals surface area contributed by atoms with E-state index >= 15 is 0 Å². The Morgan fingerprint density at radius 3 is 3.11 bits per heavy atom. The standard InChI is InChI=1S/C14H12N2OS/c17-14(5-4-11-6-8-18-10-11)12-9-15-16-7-2-1-3-13(12)16/h1-3,6-10H,4-5H2. The van der Waals surface area contributed by atoms with E-state index in [9.17, 15) is 4.79 Å². The van der Waals surface area contributed by atoms with Crippen LogP contribution in [0.3, 0.4) is 0 Å². The van der Waals surface area contributed by atoms with Gasteiger partial charge in [-0.25, -0.2) is 4.52 Å². The molecule has 0 fully saturated rings. The number of ketones is 1. The summed E-state index contributed by atoms with van der Waals surface area (Å²) in [5.41, 5.74) is 2.82. The van der Waals surface area contributed by atoms with Crippen LogP contribution in [-0.2, 0) is 6.42 Å². The maximum absolute atomic E-state index is 12.2. The van der Waals surface area contributed by atoms with Crippen LogP contribution in [-0.4, -0.2) is 15.4 Å². The number of carbonyl (C=O) groups excluding carboxylic acids is 1. The first-order valence-corrected chi connectivity index (χ1v) is 6.75. The summed E-state index contributed by atoms with van der Waals surface area (Å²) in [4.78, 5) is 12.2. The molecule has 18 heavy (non-hydrogen) atoms. The van der Waals surface area contributed by atoms with E-state index in [1.807, 2.05) is 29.8 Å². The lowest BCUT2D eigenvalue weighted by molar-refractivity contribution is 0.0984. The van der Waals surface area contributed by atoms with Crippen molar-refractivity contribution < 1.29 is 4.79 Å². The van der Waals surface area contributed by atoms with Gasteiger partial charge in [-0.3, -0.25) is 4.79 Å². The first kappa shape index (κ1) is 11.2. The largest absolute Gasteiger partial charge is 0.294 e. The number of fused-ring (bicyclic) bond motifs is 1. The van der Waals surface area contributed by atoms with Crippen LogP contribution in [0, 0.1) is 0 Å². The first-order valence-electron chi connectivity index (χ1n) is 5.81. The molecule has 3 aromatic rings. The number of hydrogen-bond donors (Lipinski definition) is 0. The quantitative estimate of drug-likeness (QED) is 0.672. The predicted octanol–water partition coefficient (Wildman–Crippen LogP) is 3.21. The summed E-state index contributed by atoms with van der Waals surface area (Å²) in [5.74, 6) is 0.155. The summed E-state index contributed by atoms with van der Waals surface area (Å²) < 4.78 is 1.73. The smallest absolute Gasteiger partial charge is 0.167 e. The third-order valence-electron chi connectivity index (χ3n) is 2.95. The fourth-order valence-corrected chi connectivity index (χ4v) is 2.68. The van der Waals surface area contributed by atoms with Gasteiger partial charge in [-0.1, -0.05) is 6.07 Å². The van der Waals surface area contributed by atoms with Gasteiger partial charge >= 0.3 is 0 Å². The summed E-state index contributed by atoms with van der Waals surface area (Å²) >= 11 is 1.66. The maximum atomic E-state index is 12.2. The zero-order valence-electron chi connectivity index (χ0n) is 9.74. The van der Waals surface area contributed by atoms with Crippen molar-refractivity contribution in [1.29, 1.82) is 0 Å². The molecule has 0 atom stereocenters. The Labute approximate surface area is 109 Å². The molecule has 90 valence electrons.